The largest absolute Gasteiger partial charge is 0.386 e. The second kappa shape index (κ2) is 8.76. The fourth-order valence-corrected chi connectivity index (χ4v) is 2.63. The third-order valence-electron chi connectivity index (χ3n) is 3.48. The first-order valence-electron chi connectivity index (χ1n) is 7.72. The number of nitro groups is 1. The van der Waals surface area contributed by atoms with Crippen LogP contribution in [0, 0.1) is 21.4 Å². The topological polar surface area (TPSA) is 168 Å². The first-order valence-corrected chi connectivity index (χ1v) is 9.26. The van der Waals surface area contributed by atoms with Gasteiger partial charge in [-0.05, 0) is 23.8 Å². The predicted octanol–water partition coefficient (Wildman–Crippen LogP) is 1.38. The number of anilines is 1. The van der Waals surface area contributed by atoms with Crippen LogP contribution in [0.2, 0.25) is 0 Å². The molecule has 2 aromatic rings. The summed E-state index contributed by atoms with van der Waals surface area (Å²) in [4.78, 5) is 22.3. The van der Waals surface area contributed by atoms with Crippen LogP contribution in [0.15, 0.2) is 65.2 Å². The van der Waals surface area contributed by atoms with E-state index in [0.29, 0.717) is 5.56 Å². The molecule has 11 heteroatoms. The summed E-state index contributed by atoms with van der Waals surface area (Å²) in [6.07, 6.45) is 1.19. The molecule has 0 unspecified atom stereocenters. The molecule has 0 saturated carbocycles. The molecule has 0 spiro atoms. The fourth-order valence-electron chi connectivity index (χ4n) is 2.11. The minimum absolute atomic E-state index is 0.0270. The number of nitrogens with one attached hydrogen (secondary N) is 2. The van der Waals surface area contributed by atoms with Gasteiger partial charge in [0.1, 0.15) is 11.6 Å². The highest BCUT2D eigenvalue weighted by Crippen LogP contribution is 2.17. The summed E-state index contributed by atoms with van der Waals surface area (Å²) in [5.74, 6) is -0.736. The van der Waals surface area contributed by atoms with Crippen molar-refractivity contribution in [2.75, 3.05) is 5.32 Å². The Hall–Kier alpha value is -3.75. The van der Waals surface area contributed by atoms with E-state index in [0.717, 1.165) is 0 Å². The molecule has 0 atom stereocenters. The van der Waals surface area contributed by atoms with Gasteiger partial charge in [0.05, 0.1) is 9.82 Å². The highest BCUT2D eigenvalue weighted by Gasteiger charge is 2.12. The number of hydrogen-bond acceptors (Lipinski definition) is 7. The molecule has 0 bridgehead atoms. The minimum Gasteiger partial charge on any atom is -0.386 e. The number of carbonyl (C=O) groups is 1. The van der Waals surface area contributed by atoms with Crippen LogP contribution in [0.3, 0.4) is 0 Å². The second-order valence-corrected chi connectivity index (χ2v) is 7.06. The molecule has 2 rings (SSSR count). The quantitative estimate of drug-likeness (QED) is 0.272. The lowest BCUT2D eigenvalue weighted by molar-refractivity contribution is -0.384. The SMILES string of the molecule is N#C/C(=C/NCc1ccc(S(N)(=O)=O)cc1)C(=O)Nc1cccc([N+](=O)[O-])c1. The van der Waals surface area contributed by atoms with Gasteiger partial charge in [0, 0.05) is 30.6 Å². The standard InChI is InChI=1S/C17H15N5O5S/c18-9-13(17(23)21-14-2-1-3-15(8-14)22(24)25)11-20-10-12-4-6-16(7-5-12)28(19,26)27/h1-8,11,20H,10H2,(H,21,23)(H2,19,26,27)/b13-11-. The average molecular weight is 401 g/mol. The molecule has 1 amide bonds. The number of rotatable bonds is 7. The maximum Gasteiger partial charge on any atom is 0.271 e. The van der Waals surface area contributed by atoms with Crippen LogP contribution >= 0.6 is 0 Å². The molecule has 10 nitrogen and oxygen atoms in total. The van der Waals surface area contributed by atoms with Crippen LogP contribution in [0.4, 0.5) is 11.4 Å². The first-order chi connectivity index (χ1) is 13.2. The lowest BCUT2D eigenvalue weighted by atomic mass is 10.2. The van der Waals surface area contributed by atoms with E-state index in [1.54, 1.807) is 6.07 Å². The van der Waals surface area contributed by atoms with Gasteiger partial charge in [-0.1, -0.05) is 18.2 Å². The van der Waals surface area contributed by atoms with Gasteiger partial charge >= 0.3 is 0 Å². The van der Waals surface area contributed by atoms with Crippen molar-refractivity contribution >= 4 is 27.3 Å². The molecule has 0 saturated heterocycles. The Kier molecular flexibility index (Phi) is 6.43. The van der Waals surface area contributed by atoms with Crippen molar-refractivity contribution in [1.82, 2.24) is 5.32 Å². The molecular weight excluding hydrogens is 386 g/mol. The number of hydrogen-bond donors (Lipinski definition) is 3. The van der Waals surface area contributed by atoms with Gasteiger partial charge in [-0.15, -0.1) is 0 Å². The smallest absolute Gasteiger partial charge is 0.271 e. The van der Waals surface area contributed by atoms with Gasteiger partial charge in [0.25, 0.3) is 11.6 Å². The van der Waals surface area contributed by atoms with E-state index in [2.05, 4.69) is 10.6 Å². The molecule has 0 radical (unpaired) electrons. The number of nitrogens with two attached hydrogens (primary N) is 1. The van der Waals surface area contributed by atoms with Crippen molar-refractivity contribution in [3.8, 4) is 6.07 Å². The molecule has 144 valence electrons. The van der Waals surface area contributed by atoms with Crippen LogP contribution in [0.5, 0.6) is 0 Å². The predicted molar refractivity (Wildman–Crippen MR) is 100 cm³/mol. The van der Waals surface area contributed by atoms with Gasteiger partial charge in [-0.25, -0.2) is 13.6 Å². The number of sulfonamides is 1. The molecule has 2 aromatic carbocycles. The van der Waals surface area contributed by atoms with Crippen LogP contribution in [-0.2, 0) is 21.4 Å². The molecule has 0 fully saturated rings. The second-order valence-electron chi connectivity index (χ2n) is 5.50. The molecule has 0 aliphatic rings. The lowest BCUT2D eigenvalue weighted by Crippen LogP contribution is -2.17. The van der Waals surface area contributed by atoms with E-state index >= 15 is 0 Å². The summed E-state index contributed by atoms with van der Waals surface area (Å²) in [5, 5.41) is 30.1. The number of non-ortho nitro benzene ring substituents is 1. The van der Waals surface area contributed by atoms with Crippen molar-refractivity contribution in [2.45, 2.75) is 11.4 Å². The monoisotopic (exact) mass is 401 g/mol. The summed E-state index contributed by atoms with van der Waals surface area (Å²) >= 11 is 0. The first kappa shape index (κ1) is 20.6. The van der Waals surface area contributed by atoms with E-state index < -0.39 is 20.9 Å². The number of nitro benzene ring substituents is 1. The maximum atomic E-state index is 12.1. The van der Waals surface area contributed by atoms with Crippen molar-refractivity contribution in [3.63, 3.8) is 0 Å². The van der Waals surface area contributed by atoms with Crippen molar-refractivity contribution in [2.24, 2.45) is 5.14 Å². The van der Waals surface area contributed by atoms with Crippen molar-refractivity contribution < 1.29 is 18.1 Å². The van der Waals surface area contributed by atoms with Crippen molar-refractivity contribution in [3.05, 3.63) is 76.0 Å². The lowest BCUT2D eigenvalue weighted by Gasteiger charge is -2.06. The summed E-state index contributed by atoms with van der Waals surface area (Å²) in [6.45, 7) is 0.222. The van der Waals surface area contributed by atoms with Gasteiger partial charge < -0.3 is 10.6 Å². The number of benzene rings is 2. The summed E-state index contributed by atoms with van der Waals surface area (Å²) in [7, 11) is -3.78. The zero-order chi connectivity index (χ0) is 20.7. The zero-order valence-corrected chi connectivity index (χ0v) is 15.1. The van der Waals surface area contributed by atoms with E-state index in [1.165, 1.54) is 54.7 Å². The van der Waals surface area contributed by atoms with Crippen LogP contribution < -0.4 is 15.8 Å². The van der Waals surface area contributed by atoms with Crippen LogP contribution in [-0.4, -0.2) is 19.2 Å². The zero-order valence-electron chi connectivity index (χ0n) is 14.3. The Morgan fingerprint density at radius 3 is 2.50 bits per heavy atom. The number of carbonyl (C=O) groups excluding carboxylic acids is 1. The van der Waals surface area contributed by atoms with Gasteiger partial charge in [-0.2, -0.15) is 5.26 Å². The van der Waals surface area contributed by atoms with Crippen molar-refractivity contribution in [1.29, 1.82) is 5.26 Å². The highest BCUT2D eigenvalue weighted by molar-refractivity contribution is 7.89. The van der Waals surface area contributed by atoms with E-state index in [1.807, 2.05) is 0 Å². The van der Waals surface area contributed by atoms with E-state index in [-0.39, 0.29) is 28.4 Å². The Morgan fingerprint density at radius 2 is 1.93 bits per heavy atom. The maximum absolute atomic E-state index is 12.1. The number of amides is 1. The number of nitriles is 1. The fraction of sp³-hybridized carbons (Fsp3) is 0.0588. The minimum atomic E-state index is -3.78. The van der Waals surface area contributed by atoms with Gasteiger partial charge in [0.2, 0.25) is 10.0 Å². The third-order valence-corrected chi connectivity index (χ3v) is 4.41. The number of primary sulfonamides is 1. The molecule has 0 heterocycles. The van der Waals surface area contributed by atoms with Gasteiger partial charge in [0.15, 0.2) is 0 Å². The van der Waals surface area contributed by atoms with E-state index in [4.69, 9.17) is 10.4 Å². The summed E-state index contributed by atoms with van der Waals surface area (Å²) < 4.78 is 22.4. The molecule has 0 aromatic heterocycles. The van der Waals surface area contributed by atoms with Crippen LogP contribution in [0.1, 0.15) is 5.56 Å². The Labute approximate surface area is 160 Å². The van der Waals surface area contributed by atoms with Gasteiger partial charge in [-0.3, -0.25) is 14.9 Å². The molecular formula is C17H15N5O5S. The Morgan fingerprint density at radius 1 is 1.25 bits per heavy atom. The normalized spacial score (nSPS) is 11.4. The highest BCUT2D eigenvalue weighted by atomic mass is 32.2. The van der Waals surface area contributed by atoms with Crippen LogP contribution in [0.25, 0.3) is 0 Å². The molecule has 0 aliphatic carbocycles. The summed E-state index contributed by atoms with van der Waals surface area (Å²) in [6, 6.07) is 12.8. The molecule has 4 N–H and O–H groups in total. The Bertz CT molecular complexity index is 1070. The molecule has 0 aliphatic heterocycles. The third kappa shape index (κ3) is 5.63. The Balaban J connectivity index is 2.01. The molecule has 28 heavy (non-hydrogen) atoms. The number of nitrogens with zero attached hydrogens (tertiary/aromatic N) is 2. The average Bonchev–Trinajstić information content (AvgIpc) is 2.65. The van der Waals surface area contributed by atoms with E-state index in [9.17, 15) is 23.3 Å². The summed E-state index contributed by atoms with van der Waals surface area (Å²) in [5.41, 5.74) is 0.438.